The molecule has 8 N–H and O–H groups in total. The molecule has 4 atom stereocenters. The van der Waals surface area contributed by atoms with Gasteiger partial charge in [-0.3, -0.25) is 0 Å². The van der Waals surface area contributed by atoms with Gasteiger partial charge in [0.05, 0.1) is 25.0 Å². The highest BCUT2D eigenvalue weighted by Gasteiger charge is 2.25. The number of carboxylic acid groups (broad SMARTS) is 4. The summed E-state index contributed by atoms with van der Waals surface area (Å²) in [7, 11) is 0. The first kappa shape index (κ1) is 23.7. The van der Waals surface area contributed by atoms with Crippen molar-refractivity contribution in [1.29, 1.82) is 0 Å². The maximum Gasteiger partial charge on any atom is 0.362 e. The van der Waals surface area contributed by atoms with Crippen LogP contribution in [0.4, 0.5) is 0 Å². The van der Waals surface area contributed by atoms with Gasteiger partial charge in [0.25, 0.3) is 0 Å². The van der Waals surface area contributed by atoms with Crippen LogP contribution in [-0.4, -0.2) is 81.7 Å². The second kappa shape index (κ2) is 12.1. The number of aliphatic hydroxyl groups is 2. The number of carboxylic acids is 4. The third-order valence-corrected chi connectivity index (χ3v) is 3.76. The predicted molar refractivity (Wildman–Crippen MR) is 76.9 cm³/mol. The van der Waals surface area contributed by atoms with Gasteiger partial charge in [0.15, 0.2) is 12.1 Å². The van der Waals surface area contributed by atoms with Gasteiger partial charge in [0.2, 0.25) is 0 Å². The molecular weight excluding hydrogens is 356 g/mol. The molecule has 2 fully saturated rings. The lowest BCUT2D eigenvalue weighted by Crippen LogP contribution is -2.88. The van der Waals surface area contributed by atoms with E-state index in [4.69, 9.17) is 20.4 Å². The number of quaternary nitrogens is 2. The number of carbonyl (C=O) groups excluding carboxylic acids is 2. The fourth-order valence-corrected chi connectivity index (χ4v) is 2.26. The largest absolute Gasteiger partial charge is 0.547 e. The summed E-state index contributed by atoms with van der Waals surface area (Å²) in [5, 5.41) is 56.2. The molecule has 0 bridgehead atoms. The molecule has 2 aliphatic rings. The first-order valence-corrected chi connectivity index (χ1v) is 7.98. The molecule has 2 rings (SSSR count). The Hall–Kier alpha value is -2.28. The molecule has 26 heavy (non-hydrogen) atoms. The molecule has 150 valence electrons. The fraction of sp³-hybridized carbons (Fsp3) is 0.714. The van der Waals surface area contributed by atoms with E-state index in [1.807, 2.05) is 10.6 Å². The summed E-state index contributed by atoms with van der Waals surface area (Å²) in [6, 6.07) is -0.287. The highest BCUT2D eigenvalue weighted by molar-refractivity contribution is 5.80. The molecule has 12 nitrogen and oxygen atoms in total. The predicted octanol–water partition coefficient (Wildman–Crippen LogP) is -7.20. The minimum atomic E-state index is -2.44. The van der Waals surface area contributed by atoms with Gasteiger partial charge in [-0.1, -0.05) is 0 Å². The average molecular weight is 380 g/mol. The van der Waals surface area contributed by atoms with Crippen LogP contribution in [0.3, 0.4) is 0 Å². The number of hydrogen-bond donors (Lipinski definition) is 6. The van der Waals surface area contributed by atoms with Crippen LogP contribution in [0.25, 0.3) is 0 Å². The molecule has 2 aliphatic heterocycles. The van der Waals surface area contributed by atoms with Gasteiger partial charge in [-0.25, -0.2) is 9.59 Å². The van der Waals surface area contributed by atoms with Gasteiger partial charge >= 0.3 is 11.9 Å². The Morgan fingerprint density at radius 2 is 1.08 bits per heavy atom. The maximum absolute atomic E-state index is 10.2. The third kappa shape index (κ3) is 9.27. The van der Waals surface area contributed by atoms with Crippen LogP contribution in [0.2, 0.25) is 0 Å². The fourth-order valence-electron chi connectivity index (χ4n) is 2.26. The molecule has 12 heteroatoms. The Morgan fingerprint density at radius 1 is 0.769 bits per heavy atom. The van der Waals surface area contributed by atoms with Crippen molar-refractivity contribution in [2.45, 2.75) is 50.0 Å². The topological polar surface area (TPSA) is 229 Å². The molecule has 0 radical (unpaired) electrons. The Labute approximate surface area is 148 Å². The van der Waals surface area contributed by atoms with Crippen LogP contribution in [0.15, 0.2) is 0 Å². The minimum absolute atomic E-state index is 0.144. The number of carbonyl (C=O) groups is 4. The molecule has 2 saturated heterocycles. The molecule has 2 heterocycles. The van der Waals surface area contributed by atoms with E-state index in [0.717, 1.165) is 38.8 Å². The smallest absolute Gasteiger partial charge is 0.362 e. The first-order valence-electron chi connectivity index (χ1n) is 7.98. The monoisotopic (exact) mass is 380 g/mol. The van der Waals surface area contributed by atoms with Crippen molar-refractivity contribution in [1.82, 2.24) is 0 Å². The highest BCUT2D eigenvalue weighted by Crippen LogP contribution is 1.96. The standard InChI is InChI=1S/2C5H9NO2.C4H6O6/c2*7-5(8)4-2-1-3-6-4;5-1(3(7)8)2(6)4(9)10/h2*4,6H,1-3H2,(H,7,8);1-2,5-6H,(H,7,8)(H,9,10)/t2*4-;/m00./s1. The minimum Gasteiger partial charge on any atom is -0.547 e. The lowest BCUT2D eigenvalue weighted by atomic mass is 10.2. The summed E-state index contributed by atoms with van der Waals surface area (Å²) in [6.07, 6.45) is -1.09. The van der Waals surface area contributed by atoms with Gasteiger partial charge in [0.1, 0.15) is 12.2 Å². The van der Waals surface area contributed by atoms with Crippen LogP contribution < -0.4 is 20.8 Å². The van der Waals surface area contributed by atoms with Crippen molar-refractivity contribution in [3.05, 3.63) is 0 Å². The van der Waals surface area contributed by atoms with E-state index in [0.29, 0.717) is 0 Å². The Balaban J connectivity index is 0.000000363. The molecule has 0 saturated carbocycles. The van der Waals surface area contributed by atoms with E-state index >= 15 is 0 Å². The van der Waals surface area contributed by atoms with E-state index in [2.05, 4.69) is 0 Å². The number of nitrogens with two attached hydrogens (primary N) is 2. The van der Waals surface area contributed by atoms with Gasteiger partial charge in [-0.05, 0) is 0 Å². The third-order valence-electron chi connectivity index (χ3n) is 3.76. The number of aliphatic hydroxyl groups excluding tert-OH is 2. The van der Waals surface area contributed by atoms with E-state index in [9.17, 15) is 29.4 Å². The molecule has 0 aromatic carbocycles. The first-order chi connectivity index (χ1) is 12.1. The van der Waals surface area contributed by atoms with E-state index < -0.39 is 36.1 Å². The summed E-state index contributed by atoms with van der Waals surface area (Å²) in [5.74, 6) is -5.45. The van der Waals surface area contributed by atoms with Crippen molar-refractivity contribution in [2.75, 3.05) is 13.1 Å². The van der Waals surface area contributed by atoms with Crippen molar-refractivity contribution in [3.63, 3.8) is 0 Å². The Morgan fingerprint density at radius 3 is 1.19 bits per heavy atom. The number of rotatable bonds is 5. The van der Waals surface area contributed by atoms with Crippen LogP contribution in [0.5, 0.6) is 0 Å². The molecule has 0 spiro atoms. The number of hydrogen-bond acceptors (Lipinski definition) is 8. The summed E-state index contributed by atoms with van der Waals surface area (Å²) in [5.41, 5.74) is 0. The summed E-state index contributed by atoms with van der Waals surface area (Å²) >= 11 is 0. The normalized spacial score (nSPS) is 23.5. The SMILES string of the molecule is O=C(O)[C@@H]1CCC[NH2+]1.O=C(O)[C@@H]1CCC[NH2+]1.O=C([O-])C(O)C(O)C(=O)[O-]. The summed E-state index contributed by atoms with van der Waals surface area (Å²) in [6.45, 7) is 1.97. The molecule has 0 aromatic heterocycles. The second-order valence-corrected chi connectivity index (χ2v) is 5.75. The Bertz CT molecular complexity index is 442. The van der Waals surface area contributed by atoms with Crippen LogP contribution in [0.1, 0.15) is 25.7 Å². The lowest BCUT2D eigenvalue weighted by molar-refractivity contribution is -0.658. The summed E-state index contributed by atoms with van der Waals surface area (Å²) < 4.78 is 0. The highest BCUT2D eigenvalue weighted by atomic mass is 16.4. The van der Waals surface area contributed by atoms with Gasteiger partial charge in [-0.2, -0.15) is 0 Å². The molecular formula is C14H24N2O10. The molecule has 2 unspecified atom stereocenters. The molecule has 0 aliphatic carbocycles. The zero-order valence-electron chi connectivity index (χ0n) is 13.9. The van der Waals surface area contributed by atoms with Crippen molar-refractivity contribution < 1.29 is 60.5 Å². The zero-order valence-corrected chi connectivity index (χ0v) is 13.9. The van der Waals surface area contributed by atoms with Gasteiger partial charge in [-0.15, -0.1) is 0 Å². The van der Waals surface area contributed by atoms with Gasteiger partial charge in [0, 0.05) is 25.7 Å². The number of aliphatic carboxylic acids is 4. The lowest BCUT2D eigenvalue weighted by Gasteiger charge is -2.18. The molecule has 0 aromatic rings. The quantitative estimate of drug-likeness (QED) is 0.264. The maximum atomic E-state index is 10.2. The van der Waals surface area contributed by atoms with Crippen LogP contribution >= 0.6 is 0 Å². The Kier molecular flexibility index (Phi) is 11.1. The zero-order chi connectivity index (χ0) is 20.3. The molecule has 0 amide bonds. The van der Waals surface area contributed by atoms with Crippen molar-refractivity contribution >= 4 is 23.9 Å². The van der Waals surface area contributed by atoms with E-state index in [-0.39, 0.29) is 12.1 Å². The van der Waals surface area contributed by atoms with Crippen LogP contribution in [-0.2, 0) is 19.2 Å². The average Bonchev–Trinajstić information content (AvgIpc) is 3.27. The van der Waals surface area contributed by atoms with Gasteiger partial charge < -0.3 is 50.9 Å². The summed E-state index contributed by atoms with van der Waals surface area (Å²) in [4.78, 5) is 39.6. The van der Waals surface area contributed by atoms with Crippen molar-refractivity contribution in [3.8, 4) is 0 Å². The van der Waals surface area contributed by atoms with Crippen LogP contribution in [0, 0.1) is 0 Å². The van der Waals surface area contributed by atoms with Crippen molar-refractivity contribution in [2.24, 2.45) is 0 Å². The second-order valence-electron chi connectivity index (χ2n) is 5.75. The van der Waals surface area contributed by atoms with E-state index in [1.165, 1.54) is 0 Å². The van der Waals surface area contributed by atoms with E-state index in [1.54, 1.807) is 0 Å².